The van der Waals surface area contributed by atoms with Crippen LogP contribution >= 0.6 is 0 Å². The number of carbonyl (C=O) groups is 1. The van der Waals surface area contributed by atoms with Gasteiger partial charge in [-0.3, -0.25) is 0 Å². The van der Waals surface area contributed by atoms with Gasteiger partial charge in [-0.15, -0.1) is 5.10 Å². The Balaban J connectivity index is 1.94. The van der Waals surface area contributed by atoms with Crippen molar-refractivity contribution in [2.75, 3.05) is 13.1 Å². The number of hydrogen-bond donors (Lipinski definition) is 0. The molecule has 18 heavy (non-hydrogen) atoms. The lowest BCUT2D eigenvalue weighted by Gasteiger charge is -2.24. The number of hydrogen-bond acceptors (Lipinski definition) is 4. The first-order valence-electron chi connectivity index (χ1n) is 6.21. The molecule has 1 aromatic heterocycles. The van der Waals surface area contributed by atoms with Crippen LogP contribution in [-0.2, 0) is 4.74 Å². The number of likely N-dealkylation sites (tertiary alicyclic amines) is 1. The van der Waals surface area contributed by atoms with Gasteiger partial charge in [-0.25, -0.2) is 9.48 Å². The second kappa shape index (κ2) is 4.59. The van der Waals surface area contributed by atoms with Crippen LogP contribution in [0.3, 0.4) is 0 Å². The Bertz CT molecular complexity index is 436. The highest BCUT2D eigenvalue weighted by Gasteiger charge is 2.31. The molecule has 6 nitrogen and oxygen atoms in total. The van der Waals surface area contributed by atoms with Crippen LogP contribution in [0, 0.1) is 6.92 Å². The van der Waals surface area contributed by atoms with Gasteiger partial charge in [-0.2, -0.15) is 0 Å². The van der Waals surface area contributed by atoms with Gasteiger partial charge in [0.2, 0.25) is 0 Å². The number of amides is 1. The Morgan fingerprint density at radius 2 is 2.22 bits per heavy atom. The van der Waals surface area contributed by atoms with E-state index in [2.05, 4.69) is 10.3 Å². The zero-order chi connectivity index (χ0) is 13.3. The molecule has 1 fully saturated rings. The minimum atomic E-state index is -0.445. The second-order valence-electron chi connectivity index (χ2n) is 5.71. The van der Waals surface area contributed by atoms with Crippen molar-refractivity contribution in [1.29, 1.82) is 0 Å². The molecule has 1 aliphatic rings. The van der Waals surface area contributed by atoms with Crippen LogP contribution in [0.15, 0.2) is 6.20 Å². The van der Waals surface area contributed by atoms with Crippen molar-refractivity contribution < 1.29 is 9.53 Å². The topological polar surface area (TPSA) is 60.2 Å². The van der Waals surface area contributed by atoms with Gasteiger partial charge in [0.1, 0.15) is 5.60 Å². The van der Waals surface area contributed by atoms with Gasteiger partial charge < -0.3 is 9.64 Å². The molecule has 0 unspecified atom stereocenters. The van der Waals surface area contributed by atoms with E-state index in [0.717, 1.165) is 12.1 Å². The third kappa shape index (κ3) is 3.00. The molecule has 0 bridgehead atoms. The van der Waals surface area contributed by atoms with Crippen molar-refractivity contribution in [3.63, 3.8) is 0 Å². The Labute approximate surface area is 107 Å². The predicted molar refractivity (Wildman–Crippen MR) is 66.2 cm³/mol. The summed E-state index contributed by atoms with van der Waals surface area (Å²) in [4.78, 5) is 13.6. The third-order valence-electron chi connectivity index (χ3n) is 2.81. The van der Waals surface area contributed by atoms with Gasteiger partial charge in [0.15, 0.2) is 0 Å². The van der Waals surface area contributed by atoms with Crippen molar-refractivity contribution in [3.8, 4) is 0 Å². The summed E-state index contributed by atoms with van der Waals surface area (Å²) in [5.74, 6) is 0. The average Bonchev–Trinajstić information content (AvgIpc) is 2.82. The first-order chi connectivity index (χ1) is 8.35. The van der Waals surface area contributed by atoms with Crippen molar-refractivity contribution >= 4 is 6.09 Å². The van der Waals surface area contributed by atoms with Crippen LogP contribution in [0.25, 0.3) is 0 Å². The molecule has 0 saturated carbocycles. The molecule has 1 aromatic rings. The molecule has 1 atom stereocenters. The number of rotatable bonds is 1. The van der Waals surface area contributed by atoms with Crippen molar-refractivity contribution in [2.24, 2.45) is 0 Å². The zero-order valence-corrected chi connectivity index (χ0v) is 11.4. The fraction of sp³-hybridized carbons (Fsp3) is 0.750. The van der Waals surface area contributed by atoms with Crippen LogP contribution in [0.4, 0.5) is 4.79 Å². The molecule has 0 aliphatic carbocycles. The van der Waals surface area contributed by atoms with Gasteiger partial charge in [-0.05, 0) is 34.1 Å². The van der Waals surface area contributed by atoms with E-state index >= 15 is 0 Å². The summed E-state index contributed by atoms with van der Waals surface area (Å²) in [6.07, 6.45) is 2.55. The Morgan fingerprint density at radius 3 is 2.78 bits per heavy atom. The van der Waals surface area contributed by atoms with Crippen LogP contribution in [-0.4, -0.2) is 44.7 Å². The minimum Gasteiger partial charge on any atom is -0.444 e. The molecule has 1 amide bonds. The lowest BCUT2D eigenvalue weighted by atomic mass is 10.2. The number of carbonyl (C=O) groups excluding carboxylic acids is 1. The lowest BCUT2D eigenvalue weighted by Crippen LogP contribution is -2.35. The molecular formula is C12H20N4O2. The highest BCUT2D eigenvalue weighted by Crippen LogP contribution is 2.22. The number of ether oxygens (including phenoxy) is 1. The second-order valence-corrected chi connectivity index (χ2v) is 5.71. The largest absolute Gasteiger partial charge is 0.444 e. The molecule has 0 radical (unpaired) electrons. The fourth-order valence-electron chi connectivity index (χ4n) is 1.99. The zero-order valence-electron chi connectivity index (χ0n) is 11.4. The van der Waals surface area contributed by atoms with Crippen molar-refractivity contribution in [1.82, 2.24) is 19.9 Å². The van der Waals surface area contributed by atoms with E-state index in [-0.39, 0.29) is 12.1 Å². The SMILES string of the molecule is Cc1cn([C@H]2CCN(C(=O)OC(C)(C)C)C2)nn1. The maximum absolute atomic E-state index is 11.9. The van der Waals surface area contributed by atoms with E-state index < -0.39 is 5.60 Å². The maximum Gasteiger partial charge on any atom is 0.410 e. The Kier molecular flexibility index (Phi) is 3.28. The van der Waals surface area contributed by atoms with Gasteiger partial charge in [0, 0.05) is 19.3 Å². The molecule has 0 N–H and O–H groups in total. The Hall–Kier alpha value is -1.59. The van der Waals surface area contributed by atoms with Crippen LogP contribution in [0.5, 0.6) is 0 Å². The van der Waals surface area contributed by atoms with Crippen molar-refractivity contribution in [3.05, 3.63) is 11.9 Å². The van der Waals surface area contributed by atoms with Gasteiger partial charge >= 0.3 is 6.09 Å². The summed E-state index contributed by atoms with van der Waals surface area (Å²) in [5, 5.41) is 8.02. The molecule has 100 valence electrons. The summed E-state index contributed by atoms with van der Waals surface area (Å²) in [5.41, 5.74) is 0.449. The normalized spacial score (nSPS) is 20.2. The fourth-order valence-corrected chi connectivity index (χ4v) is 1.99. The number of nitrogens with zero attached hydrogens (tertiary/aromatic N) is 4. The van der Waals surface area contributed by atoms with E-state index in [4.69, 9.17) is 4.74 Å². The van der Waals surface area contributed by atoms with E-state index in [9.17, 15) is 4.79 Å². The molecule has 1 saturated heterocycles. The van der Waals surface area contributed by atoms with Crippen molar-refractivity contribution in [2.45, 2.75) is 45.8 Å². The summed E-state index contributed by atoms with van der Waals surface area (Å²) >= 11 is 0. The monoisotopic (exact) mass is 252 g/mol. The van der Waals surface area contributed by atoms with Gasteiger partial charge in [0.25, 0.3) is 0 Å². The third-order valence-corrected chi connectivity index (χ3v) is 2.81. The summed E-state index contributed by atoms with van der Waals surface area (Å²) in [7, 11) is 0. The molecule has 6 heteroatoms. The Morgan fingerprint density at radius 1 is 1.50 bits per heavy atom. The highest BCUT2D eigenvalue weighted by atomic mass is 16.6. The molecule has 1 aliphatic heterocycles. The van der Waals surface area contributed by atoms with E-state index in [0.29, 0.717) is 13.1 Å². The maximum atomic E-state index is 11.9. The molecule has 0 aromatic carbocycles. The number of aryl methyl sites for hydroxylation is 1. The lowest BCUT2D eigenvalue weighted by molar-refractivity contribution is 0.0288. The van der Waals surface area contributed by atoms with Crippen LogP contribution < -0.4 is 0 Å². The molecule has 0 spiro atoms. The standard InChI is InChI=1S/C12H20N4O2/c1-9-7-16(14-13-9)10-5-6-15(8-10)11(17)18-12(2,3)4/h7,10H,5-6,8H2,1-4H3/t10-/m0/s1. The van der Waals surface area contributed by atoms with E-state index in [1.165, 1.54) is 0 Å². The first kappa shape index (κ1) is 12.9. The minimum absolute atomic E-state index is 0.207. The summed E-state index contributed by atoms with van der Waals surface area (Å²) < 4.78 is 7.19. The quantitative estimate of drug-likeness (QED) is 0.764. The first-order valence-corrected chi connectivity index (χ1v) is 6.21. The average molecular weight is 252 g/mol. The smallest absolute Gasteiger partial charge is 0.410 e. The molecular weight excluding hydrogens is 232 g/mol. The number of aromatic nitrogens is 3. The molecule has 2 rings (SSSR count). The van der Waals surface area contributed by atoms with Gasteiger partial charge in [-0.1, -0.05) is 5.21 Å². The van der Waals surface area contributed by atoms with Crippen LogP contribution in [0.1, 0.15) is 38.9 Å². The summed E-state index contributed by atoms with van der Waals surface area (Å²) in [6, 6.07) is 0.207. The summed E-state index contributed by atoms with van der Waals surface area (Å²) in [6.45, 7) is 8.87. The van der Waals surface area contributed by atoms with Gasteiger partial charge in [0.05, 0.1) is 11.7 Å². The van der Waals surface area contributed by atoms with E-state index in [1.807, 2.05) is 38.6 Å². The molecule has 2 heterocycles. The van der Waals surface area contributed by atoms with Crippen LogP contribution in [0.2, 0.25) is 0 Å². The van der Waals surface area contributed by atoms with E-state index in [1.54, 1.807) is 4.90 Å². The predicted octanol–water partition coefficient (Wildman–Crippen LogP) is 1.77. The highest BCUT2D eigenvalue weighted by molar-refractivity contribution is 5.68.